The molecule has 9 heteroatoms. The third-order valence-corrected chi connectivity index (χ3v) is 8.57. The van der Waals surface area contributed by atoms with Crippen LogP contribution in [0.4, 0.5) is 5.69 Å². The molecule has 0 N–H and O–H groups in total. The lowest BCUT2D eigenvalue weighted by atomic mass is 9.97. The van der Waals surface area contributed by atoms with Gasteiger partial charge in [-0.2, -0.15) is 0 Å². The van der Waals surface area contributed by atoms with Gasteiger partial charge in [-0.25, -0.2) is 9.97 Å². The maximum absolute atomic E-state index is 14.5. The van der Waals surface area contributed by atoms with Gasteiger partial charge < -0.3 is 24.2 Å². The second kappa shape index (κ2) is 14.8. The number of methoxy groups -OCH3 is 1. The first-order valence-electron chi connectivity index (χ1n) is 15.7. The number of amides is 2. The summed E-state index contributed by atoms with van der Waals surface area (Å²) >= 11 is 0. The number of ether oxygens (including phenoxy) is 2. The highest BCUT2D eigenvalue weighted by molar-refractivity contribution is 5.95. The van der Waals surface area contributed by atoms with E-state index in [2.05, 4.69) is 39.1 Å². The molecule has 2 amide bonds. The third-order valence-electron chi connectivity index (χ3n) is 8.57. The fraction of sp³-hybridized carbons (Fsp3) is 0.297. The highest BCUT2D eigenvalue weighted by Gasteiger charge is 2.34. The van der Waals surface area contributed by atoms with Crippen LogP contribution in [0.5, 0.6) is 6.01 Å². The van der Waals surface area contributed by atoms with Crippen LogP contribution in [-0.4, -0.2) is 77.6 Å². The van der Waals surface area contributed by atoms with E-state index in [4.69, 9.17) is 9.47 Å². The fourth-order valence-electron chi connectivity index (χ4n) is 6.02. The lowest BCUT2D eigenvalue weighted by Gasteiger charge is -2.37. The molecule has 2 aliphatic heterocycles. The molecule has 0 saturated carbocycles. The highest BCUT2D eigenvalue weighted by Crippen LogP contribution is 2.24. The zero-order chi connectivity index (χ0) is 31.7. The van der Waals surface area contributed by atoms with Gasteiger partial charge in [-0.05, 0) is 46.9 Å². The van der Waals surface area contributed by atoms with Gasteiger partial charge in [0, 0.05) is 68.9 Å². The normalized spacial score (nSPS) is 15.3. The molecular formula is C37H39N5O4. The molecular weight excluding hydrogens is 578 g/mol. The number of hydrogen-bond acceptors (Lipinski definition) is 7. The molecule has 0 bridgehead atoms. The lowest BCUT2D eigenvalue weighted by Crippen LogP contribution is -2.52. The molecule has 1 aromatic heterocycles. The maximum Gasteiger partial charge on any atom is 0.316 e. The van der Waals surface area contributed by atoms with Gasteiger partial charge >= 0.3 is 6.01 Å². The molecule has 0 spiro atoms. The fourth-order valence-corrected chi connectivity index (χ4v) is 6.02. The molecule has 3 aromatic carbocycles. The molecule has 0 radical (unpaired) electrons. The lowest BCUT2D eigenvalue weighted by molar-refractivity contribution is -0.144. The quantitative estimate of drug-likeness (QED) is 0.241. The van der Waals surface area contributed by atoms with Crippen molar-refractivity contribution in [2.75, 3.05) is 44.9 Å². The molecule has 1 saturated heterocycles. The van der Waals surface area contributed by atoms with Crippen molar-refractivity contribution in [2.45, 2.75) is 32.0 Å². The first-order valence-corrected chi connectivity index (χ1v) is 15.7. The minimum atomic E-state index is -0.712. The Hall–Kier alpha value is -5.02. The van der Waals surface area contributed by atoms with Crippen molar-refractivity contribution in [1.29, 1.82) is 0 Å². The number of morpholine rings is 1. The van der Waals surface area contributed by atoms with Crippen LogP contribution in [0.2, 0.25) is 0 Å². The highest BCUT2D eigenvalue weighted by atomic mass is 16.5. The van der Waals surface area contributed by atoms with Crippen molar-refractivity contribution in [3.05, 3.63) is 125 Å². The van der Waals surface area contributed by atoms with Crippen LogP contribution in [0.15, 0.2) is 97.3 Å². The number of carbonyl (C=O) groups excluding carboxylic acids is 2. The molecule has 4 aromatic rings. The summed E-state index contributed by atoms with van der Waals surface area (Å²) in [6, 6.07) is 26.0. The van der Waals surface area contributed by atoms with Gasteiger partial charge in [0.25, 0.3) is 0 Å². The Morgan fingerprint density at radius 1 is 0.891 bits per heavy atom. The zero-order valence-corrected chi connectivity index (χ0v) is 26.1. The van der Waals surface area contributed by atoms with E-state index in [0.717, 1.165) is 41.9 Å². The van der Waals surface area contributed by atoms with Crippen LogP contribution >= 0.6 is 0 Å². The topological polar surface area (TPSA) is 88.1 Å². The van der Waals surface area contributed by atoms with Crippen molar-refractivity contribution in [2.24, 2.45) is 0 Å². The molecule has 9 nitrogen and oxygen atoms in total. The van der Waals surface area contributed by atoms with Crippen molar-refractivity contribution >= 4 is 23.6 Å². The number of carbonyl (C=O) groups is 2. The number of nitrogens with zero attached hydrogens (tertiary/aromatic N) is 5. The number of fused-ring (bicyclic) bond motifs is 1. The van der Waals surface area contributed by atoms with E-state index in [-0.39, 0.29) is 24.4 Å². The Balaban J connectivity index is 1.32. The van der Waals surface area contributed by atoms with E-state index < -0.39 is 6.04 Å². The standard InChI is InChI=1S/C37H39N5O4/c1-45-37-38-24-30(25-39-37)13-16-35(43)42(26-29-11-14-33(15-12-29)40-19-21-46-22-20-40)34(23-28-7-3-2-4-8-28)36(44)41-18-17-31-9-5-6-10-32(31)27-41/h2-16,24-25,34H,17-23,26-27H2,1H3/b16-13+/t34-/m0/s1. The van der Waals surface area contributed by atoms with E-state index in [0.29, 0.717) is 38.3 Å². The molecule has 1 fully saturated rings. The van der Waals surface area contributed by atoms with Gasteiger partial charge in [0.05, 0.1) is 20.3 Å². The summed E-state index contributed by atoms with van der Waals surface area (Å²) in [5, 5.41) is 0. The third kappa shape index (κ3) is 7.61. The molecule has 1 atom stereocenters. The van der Waals surface area contributed by atoms with Crippen LogP contribution in [0, 0.1) is 0 Å². The largest absolute Gasteiger partial charge is 0.467 e. The summed E-state index contributed by atoms with van der Waals surface area (Å²) in [5.74, 6) is -0.322. The van der Waals surface area contributed by atoms with Gasteiger partial charge in [-0.1, -0.05) is 66.7 Å². The van der Waals surface area contributed by atoms with Crippen LogP contribution in [0.3, 0.4) is 0 Å². The monoisotopic (exact) mass is 617 g/mol. The Labute approximate surface area is 270 Å². The van der Waals surface area contributed by atoms with E-state index in [1.54, 1.807) is 23.4 Å². The number of anilines is 1. The SMILES string of the molecule is COc1ncc(/C=C/C(=O)N(Cc2ccc(N3CCOCC3)cc2)[C@@H](Cc2ccccc2)C(=O)N2CCc3ccccc3C2)cn1. The van der Waals surface area contributed by atoms with Crippen LogP contribution < -0.4 is 9.64 Å². The Morgan fingerprint density at radius 2 is 1.59 bits per heavy atom. The summed E-state index contributed by atoms with van der Waals surface area (Å²) < 4.78 is 10.6. The Morgan fingerprint density at radius 3 is 2.30 bits per heavy atom. The predicted molar refractivity (Wildman–Crippen MR) is 177 cm³/mol. The second-order valence-electron chi connectivity index (χ2n) is 11.6. The van der Waals surface area contributed by atoms with E-state index in [1.165, 1.54) is 18.7 Å². The van der Waals surface area contributed by atoms with Gasteiger partial charge in [0.1, 0.15) is 6.04 Å². The maximum atomic E-state index is 14.5. The van der Waals surface area contributed by atoms with Gasteiger partial charge in [0.2, 0.25) is 11.8 Å². The van der Waals surface area contributed by atoms with Crippen molar-refractivity contribution in [1.82, 2.24) is 19.8 Å². The minimum absolute atomic E-state index is 0.0576. The minimum Gasteiger partial charge on any atom is -0.467 e. The molecule has 236 valence electrons. The second-order valence-corrected chi connectivity index (χ2v) is 11.6. The Bertz CT molecular complexity index is 1640. The van der Waals surface area contributed by atoms with Crippen molar-refractivity contribution < 1.29 is 19.1 Å². The zero-order valence-electron chi connectivity index (χ0n) is 26.1. The van der Waals surface area contributed by atoms with Gasteiger partial charge in [-0.15, -0.1) is 0 Å². The molecule has 3 heterocycles. The van der Waals surface area contributed by atoms with Crippen LogP contribution in [0.1, 0.15) is 27.8 Å². The molecule has 0 aliphatic carbocycles. The summed E-state index contributed by atoms with van der Waals surface area (Å²) in [5.41, 5.74) is 6.13. The summed E-state index contributed by atoms with van der Waals surface area (Å²) in [6.07, 6.45) is 7.56. The summed E-state index contributed by atoms with van der Waals surface area (Å²) in [7, 11) is 1.50. The number of hydrogen-bond donors (Lipinski definition) is 0. The van der Waals surface area contributed by atoms with E-state index in [1.807, 2.05) is 59.5 Å². The summed E-state index contributed by atoms with van der Waals surface area (Å²) in [6.45, 7) is 4.51. The first-order chi connectivity index (χ1) is 22.6. The van der Waals surface area contributed by atoms with E-state index >= 15 is 0 Å². The van der Waals surface area contributed by atoms with E-state index in [9.17, 15) is 9.59 Å². The smallest absolute Gasteiger partial charge is 0.316 e. The molecule has 46 heavy (non-hydrogen) atoms. The average Bonchev–Trinajstić information content (AvgIpc) is 3.13. The average molecular weight is 618 g/mol. The predicted octanol–water partition coefficient (Wildman–Crippen LogP) is 4.56. The first kappa shape index (κ1) is 31.0. The van der Waals surface area contributed by atoms with Crippen LogP contribution in [0.25, 0.3) is 6.08 Å². The van der Waals surface area contributed by atoms with Crippen molar-refractivity contribution in [3.63, 3.8) is 0 Å². The van der Waals surface area contributed by atoms with Gasteiger partial charge in [0.15, 0.2) is 0 Å². The molecule has 0 unspecified atom stereocenters. The number of benzene rings is 3. The number of rotatable bonds is 10. The Kier molecular flexibility index (Phi) is 10.00. The summed E-state index contributed by atoms with van der Waals surface area (Å²) in [4.78, 5) is 42.9. The molecule has 2 aliphatic rings. The van der Waals surface area contributed by atoms with Gasteiger partial charge in [-0.3, -0.25) is 9.59 Å². The number of aromatic nitrogens is 2. The van der Waals surface area contributed by atoms with Crippen molar-refractivity contribution in [3.8, 4) is 6.01 Å². The van der Waals surface area contributed by atoms with Crippen LogP contribution in [-0.2, 0) is 40.3 Å². The molecule has 6 rings (SSSR count).